The fourth-order valence-electron chi connectivity index (χ4n) is 6.01. The highest BCUT2D eigenvalue weighted by Gasteiger charge is 2.27. The number of aromatic amines is 1. The zero-order chi connectivity index (χ0) is 29.0. The summed E-state index contributed by atoms with van der Waals surface area (Å²) in [5.74, 6) is -1.08. The van der Waals surface area contributed by atoms with Crippen LogP contribution in [-0.4, -0.2) is 49.9 Å². The van der Waals surface area contributed by atoms with Gasteiger partial charge in [0.15, 0.2) is 11.6 Å². The van der Waals surface area contributed by atoms with E-state index in [0.717, 1.165) is 37.6 Å². The predicted octanol–water partition coefficient (Wildman–Crippen LogP) is 7.15. The highest BCUT2D eigenvalue weighted by molar-refractivity contribution is 5.85. The maximum absolute atomic E-state index is 16.0. The van der Waals surface area contributed by atoms with Crippen LogP contribution in [0.25, 0.3) is 33.1 Å². The van der Waals surface area contributed by atoms with Gasteiger partial charge in [-0.05, 0) is 80.4 Å². The molecule has 42 heavy (non-hydrogen) atoms. The largest absolute Gasteiger partial charge is 0.508 e. The lowest BCUT2D eigenvalue weighted by atomic mass is 9.88. The van der Waals surface area contributed by atoms with E-state index in [9.17, 15) is 13.9 Å². The SMILES string of the molecule is CN1CCC(c2ccc(-c3ccc4cn(C(c5nc6c(F)cccc6[nH]5)c5cc(F)ccc5O)nc4c3F)cc2)CC1. The molecule has 3 heterocycles. The first-order chi connectivity index (χ1) is 20.4. The number of imidazole rings is 1. The maximum atomic E-state index is 16.0. The van der Waals surface area contributed by atoms with Crippen molar-refractivity contribution in [3.63, 3.8) is 0 Å². The number of piperidine rings is 1. The van der Waals surface area contributed by atoms with Gasteiger partial charge in [0.1, 0.15) is 34.5 Å². The van der Waals surface area contributed by atoms with Crippen LogP contribution >= 0.6 is 0 Å². The van der Waals surface area contributed by atoms with Gasteiger partial charge in [0, 0.05) is 22.7 Å². The van der Waals surface area contributed by atoms with Gasteiger partial charge in [0.2, 0.25) is 0 Å². The monoisotopic (exact) mass is 567 g/mol. The van der Waals surface area contributed by atoms with Crippen LogP contribution in [0.15, 0.2) is 79.0 Å². The number of phenolic OH excluding ortho intramolecular Hbond substituents is 1. The van der Waals surface area contributed by atoms with E-state index < -0.39 is 23.5 Å². The van der Waals surface area contributed by atoms with E-state index in [1.54, 1.807) is 30.5 Å². The van der Waals surface area contributed by atoms with Gasteiger partial charge in [-0.3, -0.25) is 4.68 Å². The van der Waals surface area contributed by atoms with E-state index in [4.69, 9.17) is 0 Å². The van der Waals surface area contributed by atoms with Crippen molar-refractivity contribution in [1.29, 1.82) is 0 Å². The van der Waals surface area contributed by atoms with E-state index in [-0.39, 0.29) is 28.2 Å². The molecule has 1 aliphatic rings. The third-order valence-electron chi connectivity index (χ3n) is 8.34. The molecule has 1 saturated heterocycles. The summed E-state index contributed by atoms with van der Waals surface area (Å²) in [6.45, 7) is 2.13. The lowest BCUT2D eigenvalue weighted by Gasteiger charge is -2.29. The normalized spacial score (nSPS) is 15.5. The summed E-state index contributed by atoms with van der Waals surface area (Å²) >= 11 is 0. The molecule has 6 nitrogen and oxygen atoms in total. The van der Waals surface area contributed by atoms with E-state index in [0.29, 0.717) is 22.4 Å². The summed E-state index contributed by atoms with van der Waals surface area (Å²) < 4.78 is 46.4. The van der Waals surface area contributed by atoms with E-state index in [1.807, 2.05) is 12.1 Å². The number of halogens is 3. The molecule has 1 unspecified atom stereocenters. The van der Waals surface area contributed by atoms with Crippen molar-refractivity contribution in [2.75, 3.05) is 20.1 Å². The van der Waals surface area contributed by atoms with E-state index >= 15 is 4.39 Å². The number of aromatic hydroxyl groups is 1. The number of para-hydroxylation sites is 1. The van der Waals surface area contributed by atoms with Crippen LogP contribution in [0.1, 0.15) is 41.8 Å². The van der Waals surface area contributed by atoms with Crippen LogP contribution < -0.4 is 0 Å². The van der Waals surface area contributed by atoms with Gasteiger partial charge in [0.05, 0.1) is 5.52 Å². The third kappa shape index (κ3) is 4.59. The van der Waals surface area contributed by atoms with Gasteiger partial charge in [-0.25, -0.2) is 18.2 Å². The summed E-state index contributed by atoms with van der Waals surface area (Å²) in [6.07, 6.45) is 3.82. The number of H-pyrrole nitrogens is 1. The molecule has 0 aliphatic carbocycles. The predicted molar refractivity (Wildman–Crippen MR) is 156 cm³/mol. The number of hydrogen-bond acceptors (Lipinski definition) is 4. The molecule has 2 aromatic heterocycles. The first-order valence-corrected chi connectivity index (χ1v) is 13.9. The van der Waals surface area contributed by atoms with Crippen LogP contribution in [0.5, 0.6) is 5.75 Å². The van der Waals surface area contributed by atoms with Gasteiger partial charge in [-0.1, -0.05) is 42.5 Å². The molecular formula is C33H28F3N5O. The maximum Gasteiger partial charge on any atom is 0.159 e. The number of hydrogen-bond donors (Lipinski definition) is 2. The first-order valence-electron chi connectivity index (χ1n) is 13.9. The zero-order valence-corrected chi connectivity index (χ0v) is 22.9. The first kappa shape index (κ1) is 26.3. The van der Waals surface area contributed by atoms with Gasteiger partial charge >= 0.3 is 0 Å². The lowest BCUT2D eigenvalue weighted by Crippen LogP contribution is -2.29. The summed E-state index contributed by atoms with van der Waals surface area (Å²) in [6, 6.07) is 18.6. The molecule has 212 valence electrons. The van der Waals surface area contributed by atoms with E-state index in [2.05, 4.69) is 39.1 Å². The van der Waals surface area contributed by atoms with Gasteiger partial charge < -0.3 is 15.0 Å². The Balaban J connectivity index is 1.30. The summed E-state index contributed by atoms with van der Waals surface area (Å²) in [7, 11) is 2.14. The lowest BCUT2D eigenvalue weighted by molar-refractivity contribution is 0.255. The molecule has 6 aromatic rings. The molecular weight excluding hydrogens is 539 g/mol. The van der Waals surface area contributed by atoms with E-state index in [1.165, 1.54) is 28.4 Å². The second kappa shape index (κ2) is 10.3. The molecule has 0 saturated carbocycles. The molecule has 0 amide bonds. The Morgan fingerprint density at radius 2 is 1.71 bits per heavy atom. The van der Waals surface area contributed by atoms with Crippen molar-refractivity contribution in [3.05, 3.63) is 113 Å². The standard InChI is InChI=1S/C33H28F3N5O/c1-40-15-13-20(14-16-40)19-5-7-21(8-6-19)24-11-9-22-18-41(39-30(22)29(24)36)32(25-17-23(34)10-12-28(25)42)33-37-27-4-2-3-26(35)31(27)38-33/h2-12,17-18,20,32,42H,13-16H2,1H3,(H,37,38). The summed E-state index contributed by atoms with van der Waals surface area (Å²) in [5, 5.41) is 15.8. The van der Waals surface area contributed by atoms with Crippen LogP contribution in [0.3, 0.4) is 0 Å². The average molecular weight is 568 g/mol. The summed E-state index contributed by atoms with van der Waals surface area (Å²) in [5.41, 5.74) is 3.22. The second-order valence-electron chi connectivity index (χ2n) is 11.0. The third-order valence-corrected chi connectivity index (χ3v) is 8.34. The molecule has 0 spiro atoms. The highest BCUT2D eigenvalue weighted by atomic mass is 19.1. The van der Waals surface area contributed by atoms with Crippen molar-refractivity contribution in [2.45, 2.75) is 24.8 Å². The van der Waals surface area contributed by atoms with Crippen LogP contribution in [0.4, 0.5) is 13.2 Å². The quantitative estimate of drug-likeness (QED) is 0.232. The van der Waals surface area contributed by atoms with Crippen molar-refractivity contribution < 1.29 is 18.3 Å². The number of nitrogens with zero attached hydrogens (tertiary/aromatic N) is 4. The molecule has 7 rings (SSSR count). The molecule has 2 N–H and O–H groups in total. The van der Waals surface area contributed by atoms with Gasteiger partial charge in [0.25, 0.3) is 0 Å². The molecule has 1 aliphatic heterocycles. The Labute approximate surface area is 240 Å². The van der Waals surface area contributed by atoms with Crippen molar-refractivity contribution in [3.8, 4) is 16.9 Å². The number of aromatic nitrogens is 4. The zero-order valence-electron chi connectivity index (χ0n) is 22.9. The fraction of sp³-hybridized carbons (Fsp3) is 0.212. The Hall–Kier alpha value is -4.63. The van der Waals surface area contributed by atoms with Gasteiger partial charge in [-0.15, -0.1) is 0 Å². The number of nitrogens with one attached hydrogen (secondary N) is 1. The van der Waals surface area contributed by atoms with Crippen LogP contribution in [0, 0.1) is 17.5 Å². The minimum absolute atomic E-state index is 0.0993. The number of fused-ring (bicyclic) bond motifs is 2. The number of rotatable bonds is 5. The average Bonchev–Trinajstić information content (AvgIpc) is 3.62. The van der Waals surface area contributed by atoms with Crippen molar-refractivity contribution >= 4 is 21.9 Å². The van der Waals surface area contributed by atoms with Gasteiger partial charge in [-0.2, -0.15) is 5.10 Å². The Morgan fingerprint density at radius 3 is 2.48 bits per heavy atom. The molecule has 0 bridgehead atoms. The number of benzene rings is 4. The molecule has 4 aromatic carbocycles. The summed E-state index contributed by atoms with van der Waals surface area (Å²) in [4.78, 5) is 9.83. The van der Waals surface area contributed by atoms with Crippen LogP contribution in [-0.2, 0) is 0 Å². The highest BCUT2D eigenvalue weighted by Crippen LogP contribution is 2.36. The molecule has 9 heteroatoms. The minimum Gasteiger partial charge on any atom is -0.508 e. The molecule has 1 fully saturated rings. The fourth-order valence-corrected chi connectivity index (χ4v) is 6.01. The Bertz CT molecular complexity index is 1920. The minimum atomic E-state index is -0.989. The van der Waals surface area contributed by atoms with Crippen molar-refractivity contribution in [2.24, 2.45) is 0 Å². The Kier molecular flexibility index (Phi) is 6.46. The number of likely N-dealkylation sites (tertiary alicyclic amines) is 1. The Morgan fingerprint density at radius 1 is 0.929 bits per heavy atom. The second-order valence-corrected chi connectivity index (χ2v) is 11.0. The smallest absolute Gasteiger partial charge is 0.159 e. The molecule has 0 radical (unpaired) electrons. The topological polar surface area (TPSA) is 70.0 Å². The number of phenols is 1. The van der Waals surface area contributed by atoms with Crippen LogP contribution in [0.2, 0.25) is 0 Å². The molecule has 1 atom stereocenters. The van der Waals surface area contributed by atoms with Crippen molar-refractivity contribution in [1.82, 2.24) is 24.6 Å².